The van der Waals surface area contributed by atoms with Gasteiger partial charge in [-0.2, -0.15) is 0 Å². The Morgan fingerprint density at radius 2 is 1.45 bits per heavy atom. The molecule has 0 amide bonds. The molecule has 0 spiro atoms. The Bertz CT molecular complexity index is 534. The molecule has 0 unspecified atom stereocenters. The lowest BCUT2D eigenvalue weighted by Gasteiger charge is -2.21. The highest BCUT2D eigenvalue weighted by Gasteiger charge is 2.51. The maximum atomic E-state index is 15.0. The molecular weight excluding hydrogens is 295 g/mol. The molecule has 1 aromatic carbocycles. The van der Waals surface area contributed by atoms with Crippen LogP contribution in [0.4, 0.5) is 4.39 Å². The highest BCUT2D eigenvalue weighted by Crippen LogP contribution is 2.31. The zero-order valence-corrected chi connectivity index (χ0v) is 12.6. The van der Waals surface area contributed by atoms with Gasteiger partial charge in [-0.3, -0.25) is 4.79 Å². The lowest BCUT2D eigenvalue weighted by atomic mass is 9.95. The van der Waals surface area contributed by atoms with Crippen molar-refractivity contribution in [1.29, 1.82) is 0 Å². The van der Waals surface area contributed by atoms with Crippen LogP contribution in [-0.2, 0) is 29.5 Å². The molecule has 0 aliphatic heterocycles. The third kappa shape index (κ3) is 3.81. The fourth-order valence-corrected chi connectivity index (χ4v) is 1.70. The summed E-state index contributed by atoms with van der Waals surface area (Å²) in [5.74, 6) is -3.09. The van der Waals surface area contributed by atoms with Crippen molar-refractivity contribution in [3.05, 3.63) is 29.8 Å². The molecule has 0 fully saturated rings. The summed E-state index contributed by atoms with van der Waals surface area (Å²) < 4.78 is 29.1. The van der Waals surface area contributed by atoms with Crippen LogP contribution < -0.4 is 4.74 Å². The topological polar surface area (TPSA) is 78.9 Å². The molecule has 0 aliphatic rings. The van der Waals surface area contributed by atoms with Gasteiger partial charge in [-0.1, -0.05) is 12.1 Å². The van der Waals surface area contributed by atoms with E-state index in [2.05, 4.69) is 9.47 Å². The summed E-state index contributed by atoms with van der Waals surface area (Å²) in [6.45, 7) is 4.02. The normalized spacial score (nSPS) is 10.7. The monoisotopic (exact) mass is 312 g/mol. The molecule has 0 aliphatic carbocycles. The molecule has 120 valence electrons. The van der Waals surface area contributed by atoms with E-state index < -0.39 is 23.6 Å². The number of alkyl halides is 1. The minimum atomic E-state index is -3.07. The summed E-state index contributed by atoms with van der Waals surface area (Å²) in [4.78, 5) is 34.6. The molecule has 0 atom stereocenters. The van der Waals surface area contributed by atoms with Crippen LogP contribution in [-0.4, -0.2) is 31.1 Å². The molecule has 1 aromatic rings. The second-order valence-corrected chi connectivity index (χ2v) is 4.22. The van der Waals surface area contributed by atoms with Crippen molar-refractivity contribution in [1.82, 2.24) is 0 Å². The van der Waals surface area contributed by atoms with E-state index in [4.69, 9.17) is 4.74 Å². The molecule has 0 aromatic heterocycles. The Labute approximate surface area is 127 Å². The third-order valence-corrected chi connectivity index (χ3v) is 2.63. The van der Waals surface area contributed by atoms with Gasteiger partial charge in [0.15, 0.2) is 0 Å². The fraction of sp³-hybridized carbons (Fsp3) is 0.400. The molecule has 22 heavy (non-hydrogen) atoms. The van der Waals surface area contributed by atoms with Crippen LogP contribution in [0.5, 0.6) is 5.75 Å². The standard InChI is InChI=1S/C15H17FO6/c1-4-20-13(18)15(16,14(19)21-5-2)11-6-8-12(9-7-11)22-10(3)17/h6-9H,4-5H2,1-3H3. The van der Waals surface area contributed by atoms with Gasteiger partial charge in [0.25, 0.3) is 0 Å². The van der Waals surface area contributed by atoms with E-state index in [0.29, 0.717) is 0 Å². The van der Waals surface area contributed by atoms with Crippen molar-refractivity contribution in [3.63, 3.8) is 0 Å². The van der Waals surface area contributed by atoms with Crippen LogP contribution in [0, 0.1) is 0 Å². The number of benzene rings is 1. The highest BCUT2D eigenvalue weighted by molar-refractivity contribution is 6.04. The van der Waals surface area contributed by atoms with Crippen molar-refractivity contribution in [2.75, 3.05) is 13.2 Å². The van der Waals surface area contributed by atoms with Gasteiger partial charge < -0.3 is 14.2 Å². The molecule has 7 heteroatoms. The number of hydrogen-bond acceptors (Lipinski definition) is 6. The first-order valence-electron chi connectivity index (χ1n) is 6.68. The van der Waals surface area contributed by atoms with Gasteiger partial charge in [-0.25, -0.2) is 14.0 Å². The van der Waals surface area contributed by atoms with Crippen molar-refractivity contribution >= 4 is 17.9 Å². The zero-order valence-electron chi connectivity index (χ0n) is 12.6. The molecule has 0 N–H and O–H groups in total. The van der Waals surface area contributed by atoms with Gasteiger partial charge in [-0.05, 0) is 26.0 Å². The smallest absolute Gasteiger partial charge is 0.360 e. The van der Waals surface area contributed by atoms with E-state index in [9.17, 15) is 14.4 Å². The Kier molecular flexibility index (Phi) is 6.03. The molecule has 0 bridgehead atoms. The molecule has 6 nitrogen and oxygen atoms in total. The summed E-state index contributed by atoms with van der Waals surface area (Å²) in [6, 6.07) is 4.85. The predicted octanol–water partition coefficient (Wildman–Crippen LogP) is 1.90. The summed E-state index contributed by atoms with van der Waals surface area (Å²) in [5.41, 5.74) is -3.33. The number of carbonyl (C=O) groups excluding carboxylic acids is 3. The number of esters is 3. The average Bonchev–Trinajstić information content (AvgIpc) is 2.47. The maximum absolute atomic E-state index is 15.0. The van der Waals surface area contributed by atoms with E-state index in [1.165, 1.54) is 32.9 Å². The Morgan fingerprint density at radius 1 is 1.00 bits per heavy atom. The quantitative estimate of drug-likeness (QED) is 0.453. The largest absolute Gasteiger partial charge is 0.463 e. The molecule has 0 heterocycles. The zero-order chi connectivity index (χ0) is 16.8. The Hall–Kier alpha value is -2.44. The number of carbonyl (C=O) groups is 3. The van der Waals surface area contributed by atoms with Crippen molar-refractivity contribution in [3.8, 4) is 5.75 Å². The van der Waals surface area contributed by atoms with Gasteiger partial charge in [0.05, 0.1) is 13.2 Å². The van der Waals surface area contributed by atoms with E-state index in [1.54, 1.807) is 0 Å². The van der Waals surface area contributed by atoms with Gasteiger partial charge in [0.2, 0.25) is 0 Å². The van der Waals surface area contributed by atoms with Crippen LogP contribution in [0.1, 0.15) is 26.3 Å². The third-order valence-electron chi connectivity index (χ3n) is 2.63. The number of rotatable bonds is 6. The lowest BCUT2D eigenvalue weighted by molar-refractivity contribution is -0.175. The van der Waals surface area contributed by atoms with E-state index in [0.717, 1.165) is 12.1 Å². The first kappa shape index (κ1) is 17.6. The Balaban J connectivity index is 3.18. The van der Waals surface area contributed by atoms with Crippen LogP contribution in [0.25, 0.3) is 0 Å². The summed E-state index contributed by atoms with van der Waals surface area (Å²) in [5, 5.41) is 0. The number of ether oxygens (including phenoxy) is 3. The minimum absolute atomic E-state index is 0.0879. The van der Waals surface area contributed by atoms with E-state index in [-0.39, 0.29) is 24.5 Å². The summed E-state index contributed by atoms with van der Waals surface area (Å²) in [7, 11) is 0. The van der Waals surface area contributed by atoms with Crippen LogP contribution in [0.2, 0.25) is 0 Å². The molecule has 0 saturated heterocycles. The average molecular weight is 312 g/mol. The molecular formula is C15H17FO6. The van der Waals surface area contributed by atoms with Gasteiger partial charge in [-0.15, -0.1) is 0 Å². The first-order chi connectivity index (χ1) is 10.4. The van der Waals surface area contributed by atoms with Crippen LogP contribution in [0.15, 0.2) is 24.3 Å². The number of hydrogen-bond donors (Lipinski definition) is 0. The van der Waals surface area contributed by atoms with Gasteiger partial charge in [0.1, 0.15) is 5.75 Å². The number of halogens is 1. The SMILES string of the molecule is CCOC(=O)C(F)(C(=O)OCC)c1ccc(OC(C)=O)cc1. The van der Waals surface area contributed by atoms with E-state index >= 15 is 4.39 Å². The van der Waals surface area contributed by atoms with Gasteiger partial charge in [0, 0.05) is 12.5 Å². The molecule has 0 radical (unpaired) electrons. The molecule has 1 rings (SSSR count). The predicted molar refractivity (Wildman–Crippen MR) is 73.8 cm³/mol. The second kappa shape index (κ2) is 7.53. The maximum Gasteiger partial charge on any atom is 0.360 e. The summed E-state index contributed by atoms with van der Waals surface area (Å²) in [6.07, 6.45) is 0. The molecule has 0 saturated carbocycles. The van der Waals surface area contributed by atoms with Crippen LogP contribution in [0.3, 0.4) is 0 Å². The lowest BCUT2D eigenvalue weighted by Crippen LogP contribution is -2.42. The van der Waals surface area contributed by atoms with Crippen molar-refractivity contribution < 1.29 is 33.0 Å². The van der Waals surface area contributed by atoms with Crippen LogP contribution >= 0.6 is 0 Å². The van der Waals surface area contributed by atoms with Crippen molar-refractivity contribution in [2.24, 2.45) is 0 Å². The fourth-order valence-electron chi connectivity index (χ4n) is 1.70. The summed E-state index contributed by atoms with van der Waals surface area (Å²) >= 11 is 0. The first-order valence-corrected chi connectivity index (χ1v) is 6.68. The second-order valence-electron chi connectivity index (χ2n) is 4.22. The van der Waals surface area contributed by atoms with Crippen molar-refractivity contribution in [2.45, 2.75) is 26.4 Å². The van der Waals surface area contributed by atoms with Gasteiger partial charge >= 0.3 is 23.6 Å². The van der Waals surface area contributed by atoms with E-state index in [1.807, 2.05) is 0 Å². The Morgan fingerprint density at radius 3 is 1.82 bits per heavy atom. The highest BCUT2D eigenvalue weighted by atomic mass is 19.1. The minimum Gasteiger partial charge on any atom is -0.463 e.